The van der Waals surface area contributed by atoms with Crippen molar-refractivity contribution in [1.29, 1.82) is 0 Å². The zero-order chi connectivity index (χ0) is 12.3. The Balaban J connectivity index is 1.94. The van der Waals surface area contributed by atoms with Crippen molar-refractivity contribution < 1.29 is 0 Å². The Kier molecular flexibility index (Phi) is 4.07. The summed E-state index contributed by atoms with van der Waals surface area (Å²) in [6, 6.07) is 7.79. The van der Waals surface area contributed by atoms with E-state index in [1.54, 1.807) is 6.20 Å². The van der Waals surface area contributed by atoms with Crippen LogP contribution in [0.4, 0.5) is 5.69 Å². The van der Waals surface area contributed by atoms with E-state index in [1.807, 2.05) is 36.0 Å². The number of nitrogens with zero attached hydrogens (tertiary/aromatic N) is 2. The Bertz CT molecular complexity index is 510. The number of aryl methyl sites for hydroxylation is 1. The number of aromatic nitrogens is 2. The van der Waals surface area contributed by atoms with Crippen molar-refractivity contribution in [3.05, 3.63) is 45.7 Å². The van der Waals surface area contributed by atoms with Gasteiger partial charge in [-0.25, -0.2) is 0 Å². The summed E-state index contributed by atoms with van der Waals surface area (Å²) in [6.07, 6.45) is 2.72. The first-order valence-corrected chi connectivity index (χ1v) is 6.50. The predicted octanol–water partition coefficient (Wildman–Crippen LogP) is 3.49. The maximum Gasteiger partial charge on any atom is 0.0638 e. The van der Waals surface area contributed by atoms with Crippen LogP contribution in [0, 0.1) is 0 Å². The summed E-state index contributed by atoms with van der Waals surface area (Å²) in [4.78, 5) is 0. The molecule has 2 aromatic rings. The van der Waals surface area contributed by atoms with Crippen LogP contribution >= 0.6 is 27.5 Å². The highest BCUT2D eigenvalue weighted by Gasteiger charge is 2.02. The van der Waals surface area contributed by atoms with Gasteiger partial charge in [-0.15, -0.1) is 0 Å². The highest BCUT2D eigenvalue weighted by molar-refractivity contribution is 9.10. The Morgan fingerprint density at radius 2 is 2.24 bits per heavy atom. The third-order valence-corrected chi connectivity index (χ3v) is 3.37. The standard InChI is InChI=1S/C12H13BrClN3/c1-17-10(5-7-16-17)4-6-15-12-8-9(13)2-3-11(12)14/h2-3,5,7-8,15H,4,6H2,1H3. The summed E-state index contributed by atoms with van der Waals surface area (Å²) in [6.45, 7) is 0.829. The molecular formula is C12H13BrClN3. The fraction of sp³-hybridized carbons (Fsp3) is 0.250. The largest absolute Gasteiger partial charge is 0.383 e. The second-order valence-electron chi connectivity index (χ2n) is 3.75. The molecule has 1 N–H and O–H groups in total. The van der Waals surface area contributed by atoms with E-state index in [0.717, 1.165) is 28.1 Å². The fourth-order valence-electron chi connectivity index (χ4n) is 1.60. The number of rotatable bonds is 4. The normalized spacial score (nSPS) is 10.5. The first-order valence-electron chi connectivity index (χ1n) is 5.32. The highest BCUT2D eigenvalue weighted by atomic mass is 79.9. The van der Waals surface area contributed by atoms with Gasteiger partial charge < -0.3 is 5.32 Å². The third kappa shape index (κ3) is 3.23. The fourth-order valence-corrected chi connectivity index (χ4v) is 2.15. The van der Waals surface area contributed by atoms with Crippen LogP contribution in [0.25, 0.3) is 0 Å². The number of halogens is 2. The van der Waals surface area contributed by atoms with Gasteiger partial charge in [-0.05, 0) is 24.3 Å². The molecule has 0 spiro atoms. The van der Waals surface area contributed by atoms with Crippen molar-refractivity contribution in [3.8, 4) is 0 Å². The second kappa shape index (κ2) is 5.56. The Hall–Kier alpha value is -1.000. The predicted molar refractivity (Wildman–Crippen MR) is 74.6 cm³/mol. The molecule has 0 unspecified atom stereocenters. The molecule has 0 atom stereocenters. The van der Waals surface area contributed by atoms with Crippen LogP contribution in [-0.4, -0.2) is 16.3 Å². The lowest BCUT2D eigenvalue weighted by molar-refractivity contribution is 0.711. The maximum absolute atomic E-state index is 6.09. The van der Waals surface area contributed by atoms with Crippen LogP contribution in [0.3, 0.4) is 0 Å². The molecule has 0 aliphatic heterocycles. The average molecular weight is 315 g/mol. The SMILES string of the molecule is Cn1nccc1CCNc1cc(Br)ccc1Cl. The van der Waals surface area contributed by atoms with E-state index in [-0.39, 0.29) is 0 Å². The summed E-state index contributed by atoms with van der Waals surface area (Å²) in [5, 5.41) is 8.18. The van der Waals surface area contributed by atoms with Crippen LogP contribution in [0.2, 0.25) is 5.02 Å². The third-order valence-electron chi connectivity index (χ3n) is 2.55. The topological polar surface area (TPSA) is 29.9 Å². The van der Waals surface area contributed by atoms with Crippen molar-refractivity contribution >= 4 is 33.2 Å². The van der Waals surface area contributed by atoms with E-state index in [4.69, 9.17) is 11.6 Å². The van der Waals surface area contributed by atoms with Crippen molar-refractivity contribution in [2.45, 2.75) is 6.42 Å². The van der Waals surface area contributed by atoms with Crippen molar-refractivity contribution in [3.63, 3.8) is 0 Å². The lowest BCUT2D eigenvalue weighted by atomic mass is 10.3. The van der Waals surface area contributed by atoms with Gasteiger partial charge in [0.1, 0.15) is 0 Å². The lowest BCUT2D eigenvalue weighted by Crippen LogP contribution is -2.08. The van der Waals surface area contributed by atoms with Gasteiger partial charge in [-0.1, -0.05) is 27.5 Å². The molecule has 0 amide bonds. The molecule has 0 aliphatic rings. The summed E-state index contributed by atoms with van der Waals surface area (Å²) < 4.78 is 2.90. The molecular weight excluding hydrogens is 302 g/mol. The Morgan fingerprint density at radius 1 is 1.41 bits per heavy atom. The Labute approximate surface area is 114 Å². The number of anilines is 1. The zero-order valence-electron chi connectivity index (χ0n) is 9.45. The summed E-state index contributed by atoms with van der Waals surface area (Å²) in [5.74, 6) is 0. The van der Waals surface area contributed by atoms with E-state index in [9.17, 15) is 0 Å². The average Bonchev–Trinajstić information content (AvgIpc) is 2.70. The van der Waals surface area contributed by atoms with Crippen LogP contribution in [0.15, 0.2) is 34.9 Å². The van der Waals surface area contributed by atoms with E-state index in [0.29, 0.717) is 0 Å². The molecule has 1 aromatic heterocycles. The van der Waals surface area contributed by atoms with Gasteiger partial charge in [-0.2, -0.15) is 5.10 Å². The summed E-state index contributed by atoms with van der Waals surface area (Å²) in [7, 11) is 1.95. The first kappa shape index (κ1) is 12.5. The van der Waals surface area contributed by atoms with Crippen LogP contribution < -0.4 is 5.32 Å². The first-order chi connectivity index (χ1) is 8.16. The van der Waals surface area contributed by atoms with Crippen LogP contribution in [-0.2, 0) is 13.5 Å². The van der Waals surface area contributed by atoms with Crippen LogP contribution in [0.5, 0.6) is 0 Å². The van der Waals surface area contributed by atoms with Crippen molar-refractivity contribution in [1.82, 2.24) is 9.78 Å². The van der Waals surface area contributed by atoms with Gasteiger partial charge in [0.05, 0.1) is 10.7 Å². The van der Waals surface area contributed by atoms with Crippen molar-refractivity contribution in [2.24, 2.45) is 7.05 Å². The molecule has 0 radical (unpaired) electrons. The molecule has 90 valence electrons. The molecule has 5 heteroatoms. The smallest absolute Gasteiger partial charge is 0.0638 e. The molecule has 1 aromatic carbocycles. The molecule has 0 saturated heterocycles. The quantitative estimate of drug-likeness (QED) is 0.936. The molecule has 1 heterocycles. The number of hydrogen-bond acceptors (Lipinski definition) is 2. The number of benzene rings is 1. The maximum atomic E-state index is 6.09. The van der Waals surface area contributed by atoms with E-state index in [1.165, 1.54) is 5.69 Å². The molecule has 3 nitrogen and oxygen atoms in total. The van der Waals surface area contributed by atoms with Gasteiger partial charge in [0, 0.05) is 36.4 Å². The molecule has 17 heavy (non-hydrogen) atoms. The van der Waals surface area contributed by atoms with Gasteiger partial charge in [0.2, 0.25) is 0 Å². The van der Waals surface area contributed by atoms with E-state index in [2.05, 4.69) is 26.3 Å². The summed E-state index contributed by atoms with van der Waals surface area (Å²) in [5.41, 5.74) is 2.15. The van der Waals surface area contributed by atoms with Crippen molar-refractivity contribution in [2.75, 3.05) is 11.9 Å². The minimum atomic E-state index is 0.734. The lowest BCUT2D eigenvalue weighted by Gasteiger charge is -2.09. The molecule has 0 bridgehead atoms. The van der Waals surface area contributed by atoms with E-state index < -0.39 is 0 Å². The zero-order valence-corrected chi connectivity index (χ0v) is 11.8. The second-order valence-corrected chi connectivity index (χ2v) is 5.07. The molecule has 0 saturated carbocycles. The minimum absolute atomic E-state index is 0.734. The van der Waals surface area contributed by atoms with E-state index >= 15 is 0 Å². The van der Waals surface area contributed by atoms with Gasteiger partial charge in [0.15, 0.2) is 0 Å². The molecule has 0 aliphatic carbocycles. The minimum Gasteiger partial charge on any atom is -0.383 e. The summed E-state index contributed by atoms with van der Waals surface area (Å²) >= 11 is 9.51. The molecule has 2 rings (SSSR count). The van der Waals surface area contributed by atoms with Gasteiger partial charge >= 0.3 is 0 Å². The molecule has 0 fully saturated rings. The monoisotopic (exact) mass is 313 g/mol. The number of hydrogen-bond donors (Lipinski definition) is 1. The number of nitrogens with one attached hydrogen (secondary N) is 1. The van der Waals surface area contributed by atoms with Crippen LogP contribution in [0.1, 0.15) is 5.69 Å². The Morgan fingerprint density at radius 3 is 2.94 bits per heavy atom. The highest BCUT2D eigenvalue weighted by Crippen LogP contribution is 2.25. The van der Waals surface area contributed by atoms with Gasteiger partial charge in [-0.3, -0.25) is 4.68 Å². The van der Waals surface area contributed by atoms with Gasteiger partial charge in [0.25, 0.3) is 0 Å².